The molecule has 1 aromatic heterocycles. The normalized spacial score (nSPS) is 16.1. The molecule has 1 aliphatic rings. The molecule has 1 aliphatic heterocycles. The highest BCUT2D eigenvalue weighted by Crippen LogP contribution is 2.27. The highest BCUT2D eigenvalue weighted by Gasteiger charge is 2.25. The van der Waals surface area contributed by atoms with Crippen molar-refractivity contribution >= 4 is 49.1 Å². The van der Waals surface area contributed by atoms with E-state index < -0.39 is 15.9 Å². The summed E-state index contributed by atoms with van der Waals surface area (Å²) in [6.07, 6.45) is 5.60. The van der Waals surface area contributed by atoms with Crippen molar-refractivity contribution in [2.45, 2.75) is 44.0 Å². The van der Waals surface area contributed by atoms with Crippen molar-refractivity contribution in [2.75, 3.05) is 13.1 Å². The van der Waals surface area contributed by atoms with Gasteiger partial charge in [-0.1, -0.05) is 41.9 Å². The van der Waals surface area contributed by atoms with Gasteiger partial charge < -0.3 is 4.57 Å². The Kier molecular flexibility index (Phi) is 7.19. The number of allylic oxidation sites excluding steroid dienone is 1. The summed E-state index contributed by atoms with van der Waals surface area (Å²) in [5, 5.41) is 0.650. The van der Waals surface area contributed by atoms with E-state index in [1.165, 1.54) is 35.6 Å². The van der Waals surface area contributed by atoms with E-state index in [0.717, 1.165) is 41.5 Å². The first-order chi connectivity index (χ1) is 15.8. The van der Waals surface area contributed by atoms with Crippen LogP contribution >= 0.6 is 22.9 Å². The molecule has 4 rings (SSSR count). The molecule has 174 valence electrons. The van der Waals surface area contributed by atoms with Crippen LogP contribution in [0.4, 0.5) is 0 Å². The maximum atomic E-state index is 13.0. The summed E-state index contributed by atoms with van der Waals surface area (Å²) >= 11 is 7.71. The summed E-state index contributed by atoms with van der Waals surface area (Å²) in [5.74, 6) is -0.429. The molecule has 0 spiro atoms. The number of halogens is 1. The Labute approximate surface area is 202 Å². The number of nitrogens with zero attached hydrogens (tertiary/aromatic N) is 3. The van der Waals surface area contributed by atoms with Crippen LogP contribution in [0.15, 0.2) is 58.9 Å². The molecular weight excluding hydrogens is 478 g/mol. The number of sulfonamides is 1. The van der Waals surface area contributed by atoms with E-state index in [0.29, 0.717) is 35.0 Å². The van der Waals surface area contributed by atoms with Crippen LogP contribution in [0.1, 0.15) is 41.6 Å². The molecular formula is C24H26ClN3O3S2. The lowest BCUT2D eigenvalue weighted by atomic mass is 10.2. The van der Waals surface area contributed by atoms with Crippen LogP contribution in [0.3, 0.4) is 0 Å². The monoisotopic (exact) mass is 503 g/mol. The van der Waals surface area contributed by atoms with Gasteiger partial charge in [-0.05, 0) is 61.7 Å². The zero-order valence-corrected chi connectivity index (χ0v) is 20.8. The molecule has 0 N–H and O–H groups in total. The van der Waals surface area contributed by atoms with Crippen LogP contribution in [-0.4, -0.2) is 36.3 Å². The van der Waals surface area contributed by atoms with Gasteiger partial charge in [0, 0.05) is 30.2 Å². The summed E-state index contributed by atoms with van der Waals surface area (Å²) in [7, 11) is -3.56. The molecule has 1 fully saturated rings. The van der Waals surface area contributed by atoms with Gasteiger partial charge >= 0.3 is 0 Å². The Morgan fingerprint density at radius 1 is 1.12 bits per heavy atom. The largest absolute Gasteiger partial charge is 0.312 e. The van der Waals surface area contributed by atoms with Gasteiger partial charge in [-0.3, -0.25) is 4.79 Å². The molecule has 0 radical (unpaired) electrons. The fraction of sp³-hybridized carbons (Fsp3) is 0.333. The number of aromatic nitrogens is 1. The van der Waals surface area contributed by atoms with Crippen molar-refractivity contribution in [2.24, 2.45) is 4.99 Å². The van der Waals surface area contributed by atoms with E-state index in [-0.39, 0.29) is 4.90 Å². The fourth-order valence-corrected chi connectivity index (χ4v) is 6.82. The van der Waals surface area contributed by atoms with E-state index in [1.54, 1.807) is 10.4 Å². The standard InChI is InChI=1S/C24H26ClN3O3S2/c1-3-14-28-22-17(2)20(25)12-13-21(22)32-24(28)26-23(29)18-8-10-19(11-9-18)33(30,31)27-15-6-4-5-7-16-27/h3,8-13H,1,4-7,14-16H2,2H3. The second kappa shape index (κ2) is 9.93. The van der Waals surface area contributed by atoms with Crippen molar-refractivity contribution < 1.29 is 13.2 Å². The second-order valence-electron chi connectivity index (χ2n) is 8.06. The summed E-state index contributed by atoms with van der Waals surface area (Å²) in [5.41, 5.74) is 2.18. The molecule has 9 heteroatoms. The van der Waals surface area contributed by atoms with E-state index in [4.69, 9.17) is 11.6 Å². The Bertz CT molecular complexity index is 1360. The lowest BCUT2D eigenvalue weighted by Gasteiger charge is -2.19. The molecule has 0 aliphatic carbocycles. The smallest absolute Gasteiger partial charge is 0.279 e. The van der Waals surface area contributed by atoms with E-state index in [1.807, 2.05) is 23.6 Å². The van der Waals surface area contributed by atoms with Gasteiger partial charge in [0.15, 0.2) is 4.80 Å². The number of carbonyl (C=O) groups is 1. The zero-order valence-electron chi connectivity index (χ0n) is 18.5. The molecule has 2 aromatic carbocycles. The lowest BCUT2D eigenvalue weighted by Crippen LogP contribution is -2.31. The molecule has 6 nitrogen and oxygen atoms in total. The Hall–Kier alpha value is -2.26. The van der Waals surface area contributed by atoms with Gasteiger partial charge in [-0.2, -0.15) is 9.30 Å². The van der Waals surface area contributed by atoms with Crippen LogP contribution in [0, 0.1) is 6.92 Å². The molecule has 33 heavy (non-hydrogen) atoms. The van der Waals surface area contributed by atoms with Gasteiger partial charge in [0.2, 0.25) is 10.0 Å². The number of fused-ring (bicyclic) bond motifs is 1. The molecule has 0 unspecified atom stereocenters. The summed E-state index contributed by atoms with van der Waals surface area (Å²) in [6, 6.07) is 9.81. The minimum atomic E-state index is -3.56. The number of hydrogen-bond acceptors (Lipinski definition) is 4. The first kappa shape index (κ1) is 23.9. The Morgan fingerprint density at radius 2 is 1.79 bits per heavy atom. The topological polar surface area (TPSA) is 71.7 Å². The van der Waals surface area contributed by atoms with Gasteiger partial charge in [0.25, 0.3) is 5.91 Å². The zero-order chi connectivity index (χ0) is 23.6. The first-order valence-electron chi connectivity index (χ1n) is 10.9. The lowest BCUT2D eigenvalue weighted by molar-refractivity contribution is 0.0997. The average molecular weight is 504 g/mol. The maximum absolute atomic E-state index is 13.0. The van der Waals surface area contributed by atoms with E-state index in [2.05, 4.69) is 11.6 Å². The van der Waals surface area contributed by atoms with Crippen LogP contribution in [0.25, 0.3) is 10.2 Å². The number of amides is 1. The fourth-order valence-electron chi connectivity index (χ4n) is 4.05. The predicted octanol–water partition coefficient (Wildman–Crippen LogP) is 5.16. The van der Waals surface area contributed by atoms with E-state index >= 15 is 0 Å². The molecule has 1 amide bonds. The number of rotatable bonds is 5. The highest BCUT2D eigenvalue weighted by atomic mass is 35.5. The molecule has 1 saturated heterocycles. The van der Waals surface area contributed by atoms with Crippen molar-refractivity contribution in [3.63, 3.8) is 0 Å². The molecule has 0 saturated carbocycles. The number of aryl methyl sites for hydroxylation is 1. The summed E-state index contributed by atoms with van der Waals surface area (Å²) in [6.45, 7) is 7.31. The van der Waals surface area contributed by atoms with Gasteiger partial charge in [0.1, 0.15) is 0 Å². The minimum Gasteiger partial charge on any atom is -0.312 e. The van der Waals surface area contributed by atoms with Crippen molar-refractivity contribution in [3.8, 4) is 0 Å². The average Bonchev–Trinajstić information content (AvgIpc) is 2.97. The Balaban J connectivity index is 1.67. The number of thiazole rings is 1. The van der Waals surface area contributed by atoms with Crippen molar-refractivity contribution in [3.05, 3.63) is 70.0 Å². The van der Waals surface area contributed by atoms with Gasteiger partial charge in [-0.15, -0.1) is 6.58 Å². The third-order valence-corrected chi connectivity index (χ3v) is 9.21. The number of carbonyl (C=O) groups excluding carboxylic acids is 1. The highest BCUT2D eigenvalue weighted by molar-refractivity contribution is 7.89. The second-order valence-corrected chi connectivity index (χ2v) is 11.4. The summed E-state index contributed by atoms with van der Waals surface area (Å²) < 4.78 is 30.4. The molecule has 2 heterocycles. The quantitative estimate of drug-likeness (QED) is 0.452. The predicted molar refractivity (Wildman–Crippen MR) is 133 cm³/mol. The molecule has 0 atom stereocenters. The van der Waals surface area contributed by atoms with Crippen molar-refractivity contribution in [1.82, 2.24) is 8.87 Å². The minimum absolute atomic E-state index is 0.204. The number of benzene rings is 2. The van der Waals surface area contributed by atoms with Gasteiger partial charge in [0.05, 0.1) is 15.1 Å². The van der Waals surface area contributed by atoms with Crippen molar-refractivity contribution in [1.29, 1.82) is 0 Å². The molecule has 3 aromatic rings. The third-order valence-electron chi connectivity index (χ3n) is 5.84. The summed E-state index contributed by atoms with van der Waals surface area (Å²) in [4.78, 5) is 18.0. The Morgan fingerprint density at radius 3 is 2.42 bits per heavy atom. The maximum Gasteiger partial charge on any atom is 0.279 e. The van der Waals surface area contributed by atoms with Gasteiger partial charge in [-0.25, -0.2) is 8.42 Å². The SMILES string of the molecule is C=CCn1c(=NC(=O)c2ccc(S(=O)(=O)N3CCCCCC3)cc2)sc2ccc(Cl)c(C)c21. The molecule has 0 bridgehead atoms. The van der Waals surface area contributed by atoms with Crippen LogP contribution in [0.2, 0.25) is 5.02 Å². The van der Waals surface area contributed by atoms with Crippen LogP contribution in [0.5, 0.6) is 0 Å². The van der Waals surface area contributed by atoms with Crippen LogP contribution < -0.4 is 4.80 Å². The first-order valence-corrected chi connectivity index (χ1v) is 13.5. The number of hydrogen-bond donors (Lipinski definition) is 0. The third kappa shape index (κ3) is 4.84. The van der Waals surface area contributed by atoms with E-state index in [9.17, 15) is 13.2 Å². The van der Waals surface area contributed by atoms with Crippen LogP contribution in [-0.2, 0) is 16.6 Å².